The van der Waals surface area contributed by atoms with Crippen LogP contribution in [0.25, 0.3) is 10.8 Å². The highest BCUT2D eigenvalue weighted by Gasteiger charge is 2.08. The Balaban J connectivity index is 2.10. The second-order valence-corrected chi connectivity index (χ2v) is 4.69. The number of hydrogen-bond donors (Lipinski definition) is 0. The molecule has 0 N–H and O–H groups in total. The molecule has 5 heteroatoms. The van der Waals surface area contributed by atoms with Crippen LogP contribution >= 0.6 is 23.1 Å². The minimum Gasteiger partial charge on any atom is -0.410 e. The molecule has 0 fully saturated rings. The third kappa shape index (κ3) is 2.16. The average Bonchev–Trinajstić information content (AvgIpc) is 2.85. The lowest BCUT2D eigenvalue weighted by molar-refractivity contribution is 0.467. The maximum atomic E-state index is 5.48. The van der Waals surface area contributed by atoms with Gasteiger partial charge >= 0.3 is 0 Å². The highest BCUT2D eigenvalue weighted by molar-refractivity contribution is 7.99. The Hall–Kier alpha value is -0.810. The van der Waals surface area contributed by atoms with Gasteiger partial charge in [0.05, 0.1) is 4.88 Å². The normalized spacial score (nSPS) is 10.6. The molecule has 0 aliphatic rings. The lowest BCUT2D eigenvalue weighted by Crippen LogP contribution is -1.74. The summed E-state index contributed by atoms with van der Waals surface area (Å²) in [5.41, 5.74) is 0. The molecule has 3 nitrogen and oxygen atoms in total. The summed E-state index contributed by atoms with van der Waals surface area (Å²) < 4.78 is 5.48. The van der Waals surface area contributed by atoms with Crippen molar-refractivity contribution in [3.8, 4) is 10.8 Å². The molecule has 2 aromatic rings. The summed E-state index contributed by atoms with van der Waals surface area (Å²) >= 11 is 3.21. The van der Waals surface area contributed by atoms with Crippen molar-refractivity contribution >= 4 is 23.1 Å². The summed E-state index contributed by atoms with van der Waals surface area (Å²) in [6.07, 6.45) is 1.11. The molecule has 0 atom stereocenters. The van der Waals surface area contributed by atoms with Gasteiger partial charge < -0.3 is 4.42 Å². The minimum absolute atomic E-state index is 0.624. The molecule has 0 spiro atoms. The molecule has 0 aromatic carbocycles. The lowest BCUT2D eigenvalue weighted by atomic mass is 10.5. The van der Waals surface area contributed by atoms with Crippen LogP contribution < -0.4 is 0 Å². The van der Waals surface area contributed by atoms with E-state index in [0.717, 1.165) is 17.1 Å². The smallest absolute Gasteiger partial charge is 0.276 e. The van der Waals surface area contributed by atoms with Crippen molar-refractivity contribution in [2.45, 2.75) is 18.6 Å². The van der Waals surface area contributed by atoms with Gasteiger partial charge in [-0.3, -0.25) is 0 Å². The van der Waals surface area contributed by atoms with E-state index in [2.05, 4.69) is 17.1 Å². The van der Waals surface area contributed by atoms with Gasteiger partial charge in [0, 0.05) is 5.75 Å². The summed E-state index contributed by atoms with van der Waals surface area (Å²) in [6, 6.07) is 3.95. The topological polar surface area (TPSA) is 38.9 Å². The van der Waals surface area contributed by atoms with Crippen LogP contribution in [0.4, 0.5) is 0 Å². The van der Waals surface area contributed by atoms with E-state index in [1.165, 1.54) is 0 Å². The Bertz CT molecular complexity index is 383. The van der Waals surface area contributed by atoms with Crippen molar-refractivity contribution in [1.29, 1.82) is 0 Å². The first-order chi connectivity index (χ1) is 6.90. The molecule has 2 rings (SSSR count). The molecule has 0 radical (unpaired) electrons. The number of hydrogen-bond acceptors (Lipinski definition) is 5. The molecule has 2 heterocycles. The van der Waals surface area contributed by atoms with E-state index < -0.39 is 0 Å². The van der Waals surface area contributed by atoms with Crippen LogP contribution in [0, 0.1) is 0 Å². The molecule has 0 bridgehead atoms. The highest BCUT2D eigenvalue weighted by atomic mass is 32.2. The molecule has 0 saturated heterocycles. The standard InChI is InChI=1S/C9H10N2OS2/c1-2-5-14-9-11-10-8(12-9)7-4-3-6-13-7/h3-4,6H,2,5H2,1H3. The zero-order valence-electron chi connectivity index (χ0n) is 7.77. The monoisotopic (exact) mass is 226 g/mol. The van der Waals surface area contributed by atoms with Crippen LogP contribution in [0.5, 0.6) is 0 Å². The first kappa shape index (κ1) is 9.73. The van der Waals surface area contributed by atoms with E-state index in [-0.39, 0.29) is 0 Å². The summed E-state index contributed by atoms with van der Waals surface area (Å²) in [7, 11) is 0. The van der Waals surface area contributed by atoms with Crippen LogP contribution in [0.2, 0.25) is 0 Å². The van der Waals surface area contributed by atoms with Gasteiger partial charge in [0.2, 0.25) is 0 Å². The van der Waals surface area contributed by atoms with Crippen LogP contribution in [0.15, 0.2) is 27.2 Å². The van der Waals surface area contributed by atoms with Gasteiger partial charge in [-0.25, -0.2) is 0 Å². The fourth-order valence-electron chi connectivity index (χ4n) is 0.957. The number of thiophene rings is 1. The largest absolute Gasteiger partial charge is 0.410 e. The second kappa shape index (κ2) is 4.61. The molecule has 0 aliphatic heterocycles. The third-order valence-corrected chi connectivity index (χ3v) is 3.45. The maximum Gasteiger partial charge on any atom is 0.276 e. The lowest BCUT2D eigenvalue weighted by Gasteiger charge is -1.89. The Labute approximate surface area is 90.5 Å². The predicted octanol–water partition coefficient (Wildman–Crippen LogP) is 3.30. The Morgan fingerprint density at radius 1 is 1.50 bits per heavy atom. The molecule has 0 aliphatic carbocycles. The van der Waals surface area contributed by atoms with Gasteiger partial charge in [-0.1, -0.05) is 24.8 Å². The molecular weight excluding hydrogens is 216 g/mol. The first-order valence-electron chi connectivity index (χ1n) is 4.40. The van der Waals surface area contributed by atoms with Crippen molar-refractivity contribution in [3.63, 3.8) is 0 Å². The van der Waals surface area contributed by atoms with Gasteiger partial charge in [-0.15, -0.1) is 21.5 Å². The van der Waals surface area contributed by atoms with Crippen molar-refractivity contribution in [2.24, 2.45) is 0 Å². The molecule has 2 aromatic heterocycles. The zero-order valence-corrected chi connectivity index (χ0v) is 9.40. The SMILES string of the molecule is CCCSc1nnc(-c2cccs2)o1. The van der Waals surface area contributed by atoms with Crippen LogP contribution in [0.3, 0.4) is 0 Å². The second-order valence-electron chi connectivity index (χ2n) is 2.70. The molecular formula is C9H10N2OS2. The Morgan fingerprint density at radius 3 is 3.14 bits per heavy atom. The van der Waals surface area contributed by atoms with Crippen molar-refractivity contribution in [2.75, 3.05) is 5.75 Å². The molecule has 74 valence electrons. The summed E-state index contributed by atoms with van der Waals surface area (Å²) in [4.78, 5) is 1.03. The number of thioether (sulfide) groups is 1. The minimum atomic E-state index is 0.624. The molecule has 0 unspecified atom stereocenters. The van der Waals surface area contributed by atoms with E-state index in [9.17, 15) is 0 Å². The van der Waals surface area contributed by atoms with Crippen LogP contribution in [-0.2, 0) is 0 Å². The molecule has 0 amide bonds. The zero-order chi connectivity index (χ0) is 9.80. The highest BCUT2D eigenvalue weighted by Crippen LogP contribution is 2.26. The van der Waals surface area contributed by atoms with Crippen LogP contribution in [-0.4, -0.2) is 16.0 Å². The van der Waals surface area contributed by atoms with Gasteiger partial charge in [0.1, 0.15) is 0 Å². The first-order valence-corrected chi connectivity index (χ1v) is 6.27. The van der Waals surface area contributed by atoms with Gasteiger partial charge in [0.15, 0.2) is 0 Å². The average molecular weight is 226 g/mol. The maximum absolute atomic E-state index is 5.48. The predicted molar refractivity (Wildman–Crippen MR) is 58.6 cm³/mol. The fourth-order valence-corrected chi connectivity index (χ4v) is 2.22. The van der Waals surface area contributed by atoms with Crippen molar-refractivity contribution in [1.82, 2.24) is 10.2 Å². The summed E-state index contributed by atoms with van der Waals surface area (Å²) in [5, 5.41) is 10.6. The fraction of sp³-hybridized carbons (Fsp3) is 0.333. The third-order valence-electron chi connectivity index (χ3n) is 1.57. The summed E-state index contributed by atoms with van der Waals surface area (Å²) in [6.45, 7) is 2.13. The number of aromatic nitrogens is 2. The Kier molecular flexibility index (Phi) is 3.21. The van der Waals surface area contributed by atoms with E-state index in [4.69, 9.17) is 4.42 Å². The number of nitrogens with zero attached hydrogens (tertiary/aromatic N) is 2. The Morgan fingerprint density at radius 2 is 2.43 bits per heavy atom. The van der Waals surface area contributed by atoms with Crippen molar-refractivity contribution in [3.05, 3.63) is 17.5 Å². The number of rotatable bonds is 4. The van der Waals surface area contributed by atoms with Crippen LogP contribution in [0.1, 0.15) is 13.3 Å². The van der Waals surface area contributed by atoms with E-state index in [1.807, 2.05) is 17.5 Å². The molecule has 0 saturated carbocycles. The molecule has 14 heavy (non-hydrogen) atoms. The van der Waals surface area contributed by atoms with E-state index >= 15 is 0 Å². The van der Waals surface area contributed by atoms with Gasteiger partial charge in [-0.2, -0.15) is 0 Å². The quantitative estimate of drug-likeness (QED) is 0.750. The summed E-state index contributed by atoms with van der Waals surface area (Å²) in [5.74, 6) is 1.64. The van der Waals surface area contributed by atoms with E-state index in [0.29, 0.717) is 11.1 Å². The van der Waals surface area contributed by atoms with E-state index in [1.54, 1.807) is 23.1 Å². The van der Waals surface area contributed by atoms with Gasteiger partial charge in [0.25, 0.3) is 11.1 Å². The van der Waals surface area contributed by atoms with Crippen molar-refractivity contribution < 1.29 is 4.42 Å². The van der Waals surface area contributed by atoms with Gasteiger partial charge in [-0.05, 0) is 17.9 Å².